The number of aromatic nitrogens is 1. The van der Waals surface area contributed by atoms with Crippen molar-refractivity contribution < 1.29 is 0 Å². The minimum absolute atomic E-state index is 0.891. The molecule has 0 aliphatic heterocycles. The second-order valence-corrected chi connectivity index (χ2v) is 6.97. The van der Waals surface area contributed by atoms with Crippen molar-refractivity contribution in [1.82, 2.24) is 10.3 Å². The molecule has 1 heterocycles. The van der Waals surface area contributed by atoms with Gasteiger partial charge < -0.3 is 10.2 Å². The van der Waals surface area contributed by atoms with Crippen LogP contribution in [-0.2, 0) is 13.1 Å². The number of benzene rings is 1. The van der Waals surface area contributed by atoms with Gasteiger partial charge in [-0.1, -0.05) is 13.0 Å². The number of rotatable bonds is 7. The topological polar surface area (TPSA) is 28.2 Å². The van der Waals surface area contributed by atoms with Crippen LogP contribution in [0.25, 0.3) is 0 Å². The van der Waals surface area contributed by atoms with E-state index in [1.807, 2.05) is 5.51 Å². The van der Waals surface area contributed by atoms with Gasteiger partial charge in [-0.25, -0.2) is 4.98 Å². The van der Waals surface area contributed by atoms with E-state index in [0.29, 0.717) is 0 Å². The van der Waals surface area contributed by atoms with Crippen molar-refractivity contribution in [1.29, 1.82) is 0 Å². The van der Waals surface area contributed by atoms with E-state index in [1.54, 1.807) is 11.3 Å². The largest absolute Gasteiger partial charge is 0.368 e. The number of thiazole rings is 1. The number of hydrogen-bond acceptors (Lipinski definition) is 4. The minimum Gasteiger partial charge on any atom is -0.368 e. The first-order valence-electron chi connectivity index (χ1n) is 7.21. The molecule has 21 heavy (non-hydrogen) atoms. The van der Waals surface area contributed by atoms with Crippen LogP contribution in [0, 0.1) is 6.92 Å². The summed E-state index contributed by atoms with van der Waals surface area (Å²) >= 11 is 5.41. The van der Waals surface area contributed by atoms with Crippen LogP contribution >= 0.6 is 27.3 Å². The average molecular weight is 368 g/mol. The lowest BCUT2D eigenvalue weighted by molar-refractivity contribution is 0.675. The van der Waals surface area contributed by atoms with E-state index in [-0.39, 0.29) is 0 Å². The standard InChI is InChI=1S/C16H22BrN3S/c1-4-7-18-9-13-5-6-15(14(17)8-13)20(3)10-16-12(2)19-11-21-16/h5-6,8,11,18H,4,7,9-10H2,1-3H3. The first kappa shape index (κ1) is 16.5. The van der Waals surface area contributed by atoms with Gasteiger partial charge in [-0.15, -0.1) is 11.3 Å². The summed E-state index contributed by atoms with van der Waals surface area (Å²) in [5.41, 5.74) is 5.56. The van der Waals surface area contributed by atoms with Gasteiger partial charge in [-0.05, 0) is 53.5 Å². The third kappa shape index (κ3) is 4.53. The predicted octanol–water partition coefficient (Wildman–Crippen LogP) is 4.35. The zero-order valence-corrected chi connectivity index (χ0v) is 15.2. The Morgan fingerprint density at radius 3 is 2.81 bits per heavy atom. The molecule has 1 aromatic carbocycles. The molecule has 0 aliphatic carbocycles. The molecule has 0 bridgehead atoms. The molecule has 0 fully saturated rings. The summed E-state index contributed by atoms with van der Waals surface area (Å²) in [4.78, 5) is 7.89. The van der Waals surface area contributed by atoms with Gasteiger partial charge in [0.25, 0.3) is 0 Å². The Bertz CT molecular complexity index is 583. The molecule has 2 aromatic rings. The minimum atomic E-state index is 0.891. The molecular weight excluding hydrogens is 346 g/mol. The van der Waals surface area contributed by atoms with Crippen LogP contribution in [-0.4, -0.2) is 18.6 Å². The van der Waals surface area contributed by atoms with E-state index >= 15 is 0 Å². The van der Waals surface area contributed by atoms with Crippen molar-refractivity contribution >= 4 is 33.0 Å². The fourth-order valence-corrected chi connectivity index (χ4v) is 3.72. The number of anilines is 1. The van der Waals surface area contributed by atoms with Crippen LogP contribution in [0.2, 0.25) is 0 Å². The summed E-state index contributed by atoms with van der Waals surface area (Å²) in [5, 5.41) is 3.43. The molecule has 1 aromatic heterocycles. The number of aryl methyl sites for hydroxylation is 1. The number of halogens is 1. The van der Waals surface area contributed by atoms with Gasteiger partial charge in [0.05, 0.1) is 23.4 Å². The number of hydrogen-bond donors (Lipinski definition) is 1. The third-order valence-corrected chi connectivity index (χ3v) is 4.96. The van der Waals surface area contributed by atoms with Gasteiger partial charge in [-0.3, -0.25) is 0 Å². The Morgan fingerprint density at radius 2 is 2.19 bits per heavy atom. The van der Waals surface area contributed by atoms with Crippen LogP contribution in [0.15, 0.2) is 28.2 Å². The summed E-state index contributed by atoms with van der Waals surface area (Å²) in [6, 6.07) is 6.58. The lowest BCUT2D eigenvalue weighted by Gasteiger charge is -2.21. The fourth-order valence-electron chi connectivity index (χ4n) is 2.16. The molecule has 0 spiro atoms. The van der Waals surface area contributed by atoms with Crippen LogP contribution in [0.4, 0.5) is 5.69 Å². The monoisotopic (exact) mass is 367 g/mol. The van der Waals surface area contributed by atoms with Crippen molar-refractivity contribution in [3.63, 3.8) is 0 Å². The molecule has 0 unspecified atom stereocenters. The van der Waals surface area contributed by atoms with Crippen molar-refractivity contribution in [2.75, 3.05) is 18.5 Å². The summed E-state index contributed by atoms with van der Waals surface area (Å²) in [5.74, 6) is 0. The molecule has 0 saturated carbocycles. The van der Waals surface area contributed by atoms with E-state index < -0.39 is 0 Å². The Morgan fingerprint density at radius 1 is 1.38 bits per heavy atom. The highest BCUT2D eigenvalue weighted by Crippen LogP contribution is 2.28. The summed E-state index contributed by atoms with van der Waals surface area (Å²) in [6.07, 6.45) is 1.16. The van der Waals surface area contributed by atoms with Crippen LogP contribution in [0.1, 0.15) is 29.5 Å². The predicted molar refractivity (Wildman–Crippen MR) is 95.1 cm³/mol. The first-order chi connectivity index (χ1) is 10.1. The SMILES string of the molecule is CCCNCc1ccc(N(C)Cc2scnc2C)c(Br)c1. The molecular formula is C16H22BrN3S. The maximum Gasteiger partial charge on any atom is 0.0798 e. The smallest absolute Gasteiger partial charge is 0.0798 e. The van der Waals surface area contributed by atoms with Crippen LogP contribution in [0.3, 0.4) is 0 Å². The highest BCUT2D eigenvalue weighted by atomic mass is 79.9. The van der Waals surface area contributed by atoms with Gasteiger partial charge in [-0.2, -0.15) is 0 Å². The van der Waals surface area contributed by atoms with Gasteiger partial charge in [0.2, 0.25) is 0 Å². The lowest BCUT2D eigenvalue weighted by atomic mass is 10.2. The summed E-state index contributed by atoms with van der Waals surface area (Å²) < 4.78 is 1.14. The number of nitrogens with zero attached hydrogens (tertiary/aromatic N) is 2. The van der Waals surface area contributed by atoms with Gasteiger partial charge in [0.15, 0.2) is 0 Å². The highest BCUT2D eigenvalue weighted by molar-refractivity contribution is 9.10. The number of nitrogens with one attached hydrogen (secondary N) is 1. The summed E-state index contributed by atoms with van der Waals surface area (Å²) in [7, 11) is 2.12. The normalized spacial score (nSPS) is 10.9. The average Bonchev–Trinajstić information content (AvgIpc) is 2.84. The molecule has 3 nitrogen and oxygen atoms in total. The molecule has 1 N–H and O–H groups in total. The first-order valence-corrected chi connectivity index (χ1v) is 8.88. The Kier molecular flexibility index (Phi) is 6.21. The molecule has 114 valence electrons. The van der Waals surface area contributed by atoms with Gasteiger partial charge in [0, 0.05) is 22.9 Å². The zero-order chi connectivity index (χ0) is 15.2. The fraction of sp³-hybridized carbons (Fsp3) is 0.438. The molecule has 0 amide bonds. The van der Waals surface area contributed by atoms with Crippen molar-refractivity contribution in [3.05, 3.63) is 44.3 Å². The van der Waals surface area contributed by atoms with E-state index in [9.17, 15) is 0 Å². The molecule has 0 aliphatic rings. The highest BCUT2D eigenvalue weighted by Gasteiger charge is 2.10. The van der Waals surface area contributed by atoms with Gasteiger partial charge in [0.1, 0.15) is 0 Å². The Balaban J connectivity index is 2.04. The second kappa shape index (κ2) is 7.92. The van der Waals surface area contributed by atoms with E-state index in [1.165, 1.54) is 16.1 Å². The maximum atomic E-state index is 4.31. The van der Waals surface area contributed by atoms with E-state index in [4.69, 9.17) is 0 Å². The second-order valence-electron chi connectivity index (χ2n) is 5.18. The molecule has 0 radical (unpaired) electrons. The Hall–Kier alpha value is -0.910. The van der Waals surface area contributed by atoms with Crippen molar-refractivity contribution in [2.45, 2.75) is 33.4 Å². The van der Waals surface area contributed by atoms with Crippen molar-refractivity contribution in [3.8, 4) is 0 Å². The zero-order valence-electron chi connectivity index (χ0n) is 12.8. The van der Waals surface area contributed by atoms with Gasteiger partial charge >= 0.3 is 0 Å². The summed E-state index contributed by atoms with van der Waals surface area (Å²) in [6.45, 7) is 7.12. The molecule has 5 heteroatoms. The van der Waals surface area contributed by atoms with E-state index in [0.717, 1.165) is 36.2 Å². The van der Waals surface area contributed by atoms with Crippen LogP contribution in [0.5, 0.6) is 0 Å². The molecule has 0 atom stereocenters. The van der Waals surface area contributed by atoms with E-state index in [2.05, 4.69) is 70.2 Å². The maximum absolute atomic E-state index is 4.31. The quantitative estimate of drug-likeness (QED) is 0.737. The van der Waals surface area contributed by atoms with Crippen molar-refractivity contribution in [2.24, 2.45) is 0 Å². The third-order valence-electron chi connectivity index (χ3n) is 3.40. The molecule has 0 saturated heterocycles. The van der Waals surface area contributed by atoms with Crippen LogP contribution < -0.4 is 10.2 Å². The Labute approximate surface area is 139 Å². The lowest BCUT2D eigenvalue weighted by Crippen LogP contribution is -2.17. The molecule has 2 rings (SSSR count).